The Morgan fingerprint density at radius 2 is 2.00 bits per heavy atom. The van der Waals surface area contributed by atoms with E-state index in [4.69, 9.17) is 9.47 Å². The third-order valence-electron chi connectivity index (χ3n) is 8.86. The summed E-state index contributed by atoms with van der Waals surface area (Å²) in [4.78, 5) is 24.7. The van der Waals surface area contributed by atoms with E-state index in [0.717, 1.165) is 37.7 Å². The number of carbonyl (C=O) groups is 2. The Labute approximate surface area is 168 Å². The molecule has 4 heteroatoms. The van der Waals surface area contributed by atoms with Crippen LogP contribution < -0.4 is 0 Å². The van der Waals surface area contributed by atoms with Crippen LogP contribution in [-0.2, 0) is 19.1 Å². The number of rotatable bonds is 4. The highest BCUT2D eigenvalue weighted by molar-refractivity contribution is 5.94. The van der Waals surface area contributed by atoms with Crippen LogP contribution in [-0.4, -0.2) is 25.5 Å². The monoisotopic (exact) mass is 386 g/mol. The molecule has 0 aromatic rings. The number of ketones is 2. The second-order valence-electron chi connectivity index (χ2n) is 9.93. The number of ether oxygens (including phenoxy) is 2. The molecule has 4 aliphatic carbocycles. The van der Waals surface area contributed by atoms with Gasteiger partial charge >= 0.3 is 0 Å². The fourth-order valence-corrected chi connectivity index (χ4v) is 7.54. The van der Waals surface area contributed by atoms with Crippen LogP contribution in [0.1, 0.15) is 65.7 Å². The number of allylic oxidation sites excluding steroid dienone is 2. The molecule has 0 aromatic heterocycles. The van der Waals surface area contributed by atoms with Crippen LogP contribution in [0.3, 0.4) is 0 Å². The molecule has 0 saturated heterocycles. The first kappa shape index (κ1) is 19.9. The van der Waals surface area contributed by atoms with E-state index in [1.165, 1.54) is 12.0 Å². The lowest BCUT2D eigenvalue weighted by Crippen LogP contribution is -2.51. The van der Waals surface area contributed by atoms with E-state index in [2.05, 4.69) is 13.8 Å². The molecular formula is C24H34O4. The zero-order valence-corrected chi connectivity index (χ0v) is 17.8. The largest absolute Gasteiger partial charge is 0.475 e. The van der Waals surface area contributed by atoms with Crippen molar-refractivity contribution in [1.29, 1.82) is 0 Å². The van der Waals surface area contributed by atoms with Crippen molar-refractivity contribution in [2.45, 2.75) is 65.7 Å². The van der Waals surface area contributed by atoms with E-state index >= 15 is 0 Å². The van der Waals surface area contributed by atoms with Gasteiger partial charge in [0.25, 0.3) is 0 Å². The minimum absolute atomic E-state index is 0.0970. The summed E-state index contributed by atoms with van der Waals surface area (Å²) in [7, 11) is 1.61. The third kappa shape index (κ3) is 2.82. The molecule has 0 radical (unpaired) electrons. The molecule has 3 saturated carbocycles. The molecule has 4 rings (SSSR count). The highest BCUT2D eigenvalue weighted by Crippen LogP contribution is 2.67. The van der Waals surface area contributed by atoms with Crippen molar-refractivity contribution in [3.63, 3.8) is 0 Å². The molecule has 0 amide bonds. The minimum Gasteiger partial charge on any atom is -0.475 e. The summed E-state index contributed by atoms with van der Waals surface area (Å²) in [5.74, 6) is 2.58. The summed E-state index contributed by atoms with van der Waals surface area (Å²) in [6.07, 6.45) is 10.8. The van der Waals surface area contributed by atoms with E-state index in [1.807, 2.05) is 6.08 Å². The SMILES string of the molecule is COCO/C=C1/CC(=O)C=C2CC[C@H]3[C@@H]4CC[C@H](C(C)=O)[C@@]4(C)CC[C@@H]3[C@]21C. The lowest BCUT2D eigenvalue weighted by atomic mass is 9.46. The standard InChI is InChI=1S/C24H34O4/c1-15(25)20-7-8-21-19-6-5-16-11-18(26)12-17(13-28-14-27-4)24(16,3)22(19)9-10-23(20,21)2/h11,13,19-22H,5-10,12,14H2,1-4H3/b17-13-/t19-,20+,21-,22-,23+,24+/m0/s1. The summed E-state index contributed by atoms with van der Waals surface area (Å²) < 4.78 is 10.7. The topological polar surface area (TPSA) is 52.6 Å². The van der Waals surface area contributed by atoms with Gasteiger partial charge in [0.05, 0.1) is 6.26 Å². The van der Waals surface area contributed by atoms with Gasteiger partial charge in [-0.3, -0.25) is 9.59 Å². The number of methoxy groups -OCH3 is 1. The molecule has 0 heterocycles. The second kappa shape index (κ2) is 7.12. The molecule has 28 heavy (non-hydrogen) atoms. The van der Waals surface area contributed by atoms with Crippen molar-refractivity contribution in [2.75, 3.05) is 13.9 Å². The van der Waals surface area contributed by atoms with Crippen LogP contribution >= 0.6 is 0 Å². The first-order valence-electron chi connectivity index (χ1n) is 10.9. The van der Waals surface area contributed by atoms with Gasteiger partial charge in [-0.05, 0) is 80.3 Å². The molecule has 4 nitrogen and oxygen atoms in total. The summed E-state index contributed by atoms with van der Waals surface area (Å²) in [6, 6.07) is 0. The smallest absolute Gasteiger partial charge is 0.187 e. The second-order valence-corrected chi connectivity index (χ2v) is 9.93. The average molecular weight is 387 g/mol. The molecule has 0 spiro atoms. The van der Waals surface area contributed by atoms with Gasteiger partial charge in [-0.15, -0.1) is 0 Å². The lowest BCUT2D eigenvalue weighted by molar-refractivity contribution is -0.127. The first-order valence-corrected chi connectivity index (χ1v) is 10.9. The Bertz CT molecular complexity index is 735. The van der Waals surface area contributed by atoms with Crippen LogP contribution in [0.15, 0.2) is 23.5 Å². The highest BCUT2D eigenvalue weighted by Gasteiger charge is 2.60. The third-order valence-corrected chi connectivity index (χ3v) is 8.86. The zero-order chi connectivity index (χ0) is 20.1. The maximum absolute atomic E-state index is 12.4. The molecular weight excluding hydrogens is 352 g/mol. The van der Waals surface area contributed by atoms with Crippen molar-refractivity contribution in [2.24, 2.45) is 34.5 Å². The van der Waals surface area contributed by atoms with Gasteiger partial charge in [-0.2, -0.15) is 0 Å². The predicted octanol–water partition coefficient (Wildman–Crippen LogP) is 4.84. The Kier molecular flexibility index (Phi) is 5.06. The number of carbonyl (C=O) groups excluding carboxylic acids is 2. The Balaban J connectivity index is 1.69. The van der Waals surface area contributed by atoms with Crippen molar-refractivity contribution in [1.82, 2.24) is 0 Å². The molecule has 0 aliphatic heterocycles. The molecule has 0 aromatic carbocycles. The van der Waals surface area contributed by atoms with E-state index in [-0.39, 0.29) is 29.3 Å². The summed E-state index contributed by atoms with van der Waals surface area (Å²) in [5.41, 5.74) is 2.47. The van der Waals surface area contributed by atoms with Crippen LogP contribution in [0.4, 0.5) is 0 Å². The lowest BCUT2D eigenvalue weighted by Gasteiger charge is -2.58. The number of hydrogen-bond donors (Lipinski definition) is 0. The summed E-state index contributed by atoms with van der Waals surface area (Å²) >= 11 is 0. The summed E-state index contributed by atoms with van der Waals surface area (Å²) in [5, 5.41) is 0. The van der Waals surface area contributed by atoms with E-state index in [1.54, 1.807) is 20.3 Å². The molecule has 0 unspecified atom stereocenters. The van der Waals surface area contributed by atoms with E-state index in [9.17, 15) is 9.59 Å². The van der Waals surface area contributed by atoms with Gasteiger partial charge in [0.2, 0.25) is 0 Å². The molecule has 4 aliphatic rings. The quantitative estimate of drug-likeness (QED) is 0.394. The average Bonchev–Trinajstić information content (AvgIpc) is 3.00. The Hall–Kier alpha value is -1.42. The highest BCUT2D eigenvalue weighted by atomic mass is 16.7. The van der Waals surface area contributed by atoms with E-state index < -0.39 is 0 Å². The maximum Gasteiger partial charge on any atom is 0.187 e. The van der Waals surface area contributed by atoms with Crippen molar-refractivity contribution in [3.8, 4) is 0 Å². The van der Waals surface area contributed by atoms with Crippen molar-refractivity contribution >= 4 is 11.6 Å². The van der Waals surface area contributed by atoms with Gasteiger partial charge < -0.3 is 9.47 Å². The van der Waals surface area contributed by atoms with Crippen molar-refractivity contribution < 1.29 is 19.1 Å². The normalized spacial score (nSPS) is 43.8. The fourth-order valence-electron chi connectivity index (χ4n) is 7.54. The Morgan fingerprint density at radius 3 is 2.71 bits per heavy atom. The van der Waals surface area contributed by atoms with Crippen molar-refractivity contribution in [3.05, 3.63) is 23.5 Å². The van der Waals surface area contributed by atoms with Gasteiger partial charge in [0.15, 0.2) is 12.6 Å². The van der Waals surface area contributed by atoms with Crippen LogP contribution in [0, 0.1) is 34.5 Å². The van der Waals surface area contributed by atoms with Crippen LogP contribution in [0.2, 0.25) is 0 Å². The molecule has 154 valence electrons. The van der Waals surface area contributed by atoms with Crippen LogP contribution in [0.5, 0.6) is 0 Å². The molecule has 3 fully saturated rings. The van der Waals surface area contributed by atoms with Crippen LogP contribution in [0.25, 0.3) is 0 Å². The molecule has 0 N–H and O–H groups in total. The summed E-state index contributed by atoms with van der Waals surface area (Å²) in [6.45, 7) is 6.71. The molecule has 6 atom stereocenters. The van der Waals surface area contributed by atoms with Gasteiger partial charge in [-0.25, -0.2) is 0 Å². The number of fused-ring (bicyclic) bond motifs is 5. The molecule has 0 bridgehead atoms. The zero-order valence-electron chi connectivity index (χ0n) is 17.8. The van der Waals surface area contributed by atoms with E-state index in [0.29, 0.717) is 30.0 Å². The van der Waals surface area contributed by atoms with Gasteiger partial charge in [0.1, 0.15) is 5.78 Å². The van der Waals surface area contributed by atoms with Gasteiger partial charge in [0, 0.05) is 24.9 Å². The first-order chi connectivity index (χ1) is 13.3. The Morgan fingerprint density at radius 1 is 1.21 bits per heavy atom. The number of Topliss-reactive ketones (excluding diaryl/α,β-unsaturated/α-hetero) is 1. The maximum atomic E-state index is 12.4. The van der Waals surface area contributed by atoms with Gasteiger partial charge in [-0.1, -0.05) is 19.4 Å². The minimum atomic E-state index is -0.0970. The fraction of sp³-hybridized carbons (Fsp3) is 0.750. The predicted molar refractivity (Wildman–Crippen MR) is 107 cm³/mol. The number of hydrogen-bond acceptors (Lipinski definition) is 4.